The molecule has 118 valence electrons. The van der Waals surface area contributed by atoms with E-state index in [0.717, 1.165) is 12.1 Å². The van der Waals surface area contributed by atoms with Crippen LogP contribution in [0.15, 0.2) is 6.20 Å². The fraction of sp³-hybridized carbons (Fsp3) is 0.688. The Morgan fingerprint density at radius 3 is 2.64 bits per heavy atom. The summed E-state index contributed by atoms with van der Waals surface area (Å²) in [7, 11) is -1.66. The van der Waals surface area contributed by atoms with Gasteiger partial charge in [0.05, 0.1) is 0 Å². The molecule has 0 fully saturated rings. The molecule has 0 aliphatic heterocycles. The summed E-state index contributed by atoms with van der Waals surface area (Å²) in [6.45, 7) is 15.0. The summed E-state index contributed by atoms with van der Waals surface area (Å²) in [5, 5.41) is 0.243. The molecule has 0 aromatic carbocycles. The Morgan fingerprint density at radius 2 is 2.05 bits per heavy atom. The fourth-order valence-corrected chi connectivity index (χ4v) is 2.41. The predicted molar refractivity (Wildman–Crippen MR) is 87.3 cm³/mol. The van der Waals surface area contributed by atoms with E-state index in [1.54, 1.807) is 4.57 Å². The molecule has 22 heavy (non-hydrogen) atoms. The van der Waals surface area contributed by atoms with Gasteiger partial charge in [-0.1, -0.05) is 20.8 Å². The van der Waals surface area contributed by atoms with Gasteiger partial charge in [0.1, 0.15) is 6.73 Å². The average Bonchev–Trinajstić information content (AvgIpc) is 2.82. The normalized spacial score (nSPS) is 11.5. The van der Waals surface area contributed by atoms with E-state index in [2.05, 4.69) is 57.0 Å². The third-order valence-corrected chi connectivity index (χ3v) is 8.26. The van der Waals surface area contributed by atoms with E-state index in [4.69, 9.17) is 9.16 Å². The van der Waals surface area contributed by atoms with Gasteiger partial charge < -0.3 is 18.7 Å². The predicted octanol–water partition coefficient (Wildman–Crippen LogP) is 0.445. The van der Waals surface area contributed by atoms with Crippen LogP contribution in [-0.4, -0.2) is 31.1 Å². The standard InChI is InChI=1S/C16H27N2O2Si.Li/c1-7-19-14-18-12-15(17-13-18)10-8-9-11-20-21(5,6)16(2,3)4;/h12H,7,9,11,14H2,1-6H3;/q-1;+1. The molecule has 0 unspecified atom stereocenters. The Hall–Kier alpha value is -0.496. The Morgan fingerprint density at radius 1 is 1.36 bits per heavy atom. The van der Waals surface area contributed by atoms with Crippen LogP contribution in [0.3, 0.4) is 0 Å². The third-order valence-electron chi connectivity index (χ3n) is 3.72. The monoisotopic (exact) mass is 314 g/mol. The Bertz CT molecular complexity index is 498. The van der Waals surface area contributed by atoms with Gasteiger partial charge in [-0.25, -0.2) is 0 Å². The summed E-state index contributed by atoms with van der Waals surface area (Å²) in [6.07, 6.45) is 5.41. The van der Waals surface area contributed by atoms with Crippen molar-refractivity contribution in [2.24, 2.45) is 0 Å². The number of rotatable bonds is 6. The van der Waals surface area contributed by atoms with Crippen molar-refractivity contribution in [3.63, 3.8) is 0 Å². The van der Waals surface area contributed by atoms with Gasteiger partial charge in [0.2, 0.25) is 0 Å². The van der Waals surface area contributed by atoms with E-state index in [9.17, 15) is 0 Å². The number of ether oxygens (including phenoxy) is 1. The van der Waals surface area contributed by atoms with Crippen LogP contribution in [0.4, 0.5) is 0 Å². The minimum atomic E-state index is -1.66. The second-order valence-corrected chi connectivity index (χ2v) is 11.3. The van der Waals surface area contributed by atoms with Crippen molar-refractivity contribution < 1.29 is 28.0 Å². The van der Waals surface area contributed by atoms with Crippen LogP contribution < -0.4 is 18.9 Å². The number of hydrogen-bond donors (Lipinski definition) is 0. The van der Waals surface area contributed by atoms with Crippen LogP contribution in [0.1, 0.15) is 39.8 Å². The van der Waals surface area contributed by atoms with Crippen LogP contribution in [0.2, 0.25) is 18.1 Å². The molecule has 0 atom stereocenters. The molecule has 0 saturated carbocycles. The largest absolute Gasteiger partial charge is 1.00 e. The first kappa shape index (κ1) is 21.5. The molecule has 0 saturated heterocycles. The molecule has 6 heteroatoms. The minimum Gasteiger partial charge on any atom is -0.432 e. The molecule has 1 rings (SSSR count). The molecular weight excluding hydrogens is 287 g/mol. The van der Waals surface area contributed by atoms with E-state index in [-0.39, 0.29) is 23.9 Å². The molecule has 4 nitrogen and oxygen atoms in total. The number of hydrogen-bond acceptors (Lipinski definition) is 3. The van der Waals surface area contributed by atoms with E-state index < -0.39 is 8.32 Å². The van der Waals surface area contributed by atoms with Gasteiger partial charge >= 0.3 is 18.9 Å². The van der Waals surface area contributed by atoms with Crippen molar-refractivity contribution >= 4 is 8.32 Å². The zero-order valence-electron chi connectivity index (χ0n) is 15.1. The molecule has 0 amide bonds. The van der Waals surface area contributed by atoms with Crippen molar-refractivity contribution in [3.8, 4) is 11.8 Å². The molecule has 1 aromatic heterocycles. The zero-order valence-corrected chi connectivity index (χ0v) is 16.1. The molecule has 0 bridgehead atoms. The first-order valence-electron chi connectivity index (χ1n) is 7.41. The molecule has 0 aliphatic carbocycles. The molecule has 0 radical (unpaired) electrons. The topological polar surface area (TPSA) is 36.3 Å². The van der Waals surface area contributed by atoms with Crippen LogP contribution in [0.25, 0.3) is 0 Å². The van der Waals surface area contributed by atoms with Gasteiger partial charge in [0, 0.05) is 26.0 Å². The van der Waals surface area contributed by atoms with Crippen LogP contribution in [0.5, 0.6) is 0 Å². The molecule has 0 spiro atoms. The maximum atomic E-state index is 6.07. The van der Waals surface area contributed by atoms with Crippen molar-refractivity contribution in [2.75, 3.05) is 13.2 Å². The van der Waals surface area contributed by atoms with Crippen LogP contribution >= 0.6 is 0 Å². The van der Waals surface area contributed by atoms with Crippen molar-refractivity contribution in [2.45, 2.75) is 59.0 Å². The second-order valence-electron chi connectivity index (χ2n) is 6.48. The Kier molecular flexibility index (Phi) is 9.38. The molecule has 0 aliphatic rings. The summed E-state index contributed by atoms with van der Waals surface area (Å²) in [5.74, 6) is 6.14. The van der Waals surface area contributed by atoms with Crippen molar-refractivity contribution in [3.05, 3.63) is 18.2 Å². The second kappa shape index (κ2) is 9.60. The van der Waals surface area contributed by atoms with Gasteiger partial charge in [-0.15, -0.1) is 18.0 Å². The van der Waals surface area contributed by atoms with E-state index >= 15 is 0 Å². The van der Waals surface area contributed by atoms with Gasteiger partial charge in [-0.05, 0) is 30.7 Å². The number of aromatic nitrogens is 2. The first-order chi connectivity index (χ1) is 9.76. The quantitative estimate of drug-likeness (QED) is 0.331. The minimum absolute atomic E-state index is 0. The maximum Gasteiger partial charge on any atom is 1.00 e. The SMILES string of the molecule is CCOCn1[c-]nc(C#CCCO[Si](C)(C)C(C)(C)C)c1.[Li+]. The van der Waals surface area contributed by atoms with Crippen LogP contribution in [-0.2, 0) is 15.9 Å². The smallest absolute Gasteiger partial charge is 0.432 e. The molecule has 1 aromatic rings. The summed E-state index contributed by atoms with van der Waals surface area (Å²) in [4.78, 5) is 4.11. The van der Waals surface area contributed by atoms with E-state index in [1.165, 1.54) is 0 Å². The summed E-state index contributed by atoms with van der Waals surface area (Å²) < 4.78 is 13.1. The average molecular weight is 314 g/mol. The van der Waals surface area contributed by atoms with E-state index in [1.807, 2.05) is 13.1 Å². The van der Waals surface area contributed by atoms with Gasteiger partial charge in [0.25, 0.3) is 0 Å². The first-order valence-corrected chi connectivity index (χ1v) is 10.3. The van der Waals surface area contributed by atoms with Crippen molar-refractivity contribution in [1.82, 2.24) is 9.55 Å². The summed E-state index contributed by atoms with van der Waals surface area (Å²) in [6, 6.07) is 0. The van der Waals surface area contributed by atoms with Gasteiger partial charge in [-0.3, -0.25) is 0 Å². The summed E-state index contributed by atoms with van der Waals surface area (Å²) in [5.41, 5.74) is 0.724. The van der Waals surface area contributed by atoms with Crippen molar-refractivity contribution in [1.29, 1.82) is 0 Å². The Labute approximate surface area is 148 Å². The van der Waals surface area contributed by atoms with Gasteiger partial charge in [0.15, 0.2) is 8.32 Å². The third kappa shape index (κ3) is 7.18. The molecule has 1 heterocycles. The number of imidazole rings is 1. The zero-order chi connectivity index (χ0) is 15.9. The Balaban J connectivity index is 0.00000441. The van der Waals surface area contributed by atoms with E-state index in [0.29, 0.717) is 19.9 Å². The van der Waals surface area contributed by atoms with Crippen LogP contribution in [0, 0.1) is 18.2 Å². The fourth-order valence-electron chi connectivity index (χ4n) is 1.37. The van der Waals surface area contributed by atoms with Gasteiger partial charge in [-0.2, -0.15) is 0 Å². The molecule has 0 N–H and O–H groups in total. The maximum absolute atomic E-state index is 6.07. The number of nitrogens with zero attached hydrogens (tertiary/aromatic N) is 2. The molecular formula is C16H27LiN2O2Si. The summed E-state index contributed by atoms with van der Waals surface area (Å²) >= 11 is 0.